The summed E-state index contributed by atoms with van der Waals surface area (Å²) in [5, 5.41) is 15.2. The molecule has 0 aromatic carbocycles. The Morgan fingerprint density at radius 1 is 1.21 bits per heavy atom. The molecular weight excluding hydrogens is 479 g/mol. The van der Waals surface area contributed by atoms with Gasteiger partial charge in [0.25, 0.3) is 17.4 Å². The van der Waals surface area contributed by atoms with Crippen LogP contribution in [0.15, 0.2) is 29.3 Å². The third-order valence-corrected chi connectivity index (χ3v) is 5.57. The molecule has 0 spiro atoms. The maximum absolute atomic E-state index is 12.7. The van der Waals surface area contributed by atoms with Crippen molar-refractivity contribution in [1.82, 2.24) is 35.6 Å². The van der Waals surface area contributed by atoms with Crippen molar-refractivity contribution in [1.29, 1.82) is 0 Å². The van der Waals surface area contributed by atoms with Crippen molar-refractivity contribution in [2.75, 3.05) is 13.1 Å². The summed E-state index contributed by atoms with van der Waals surface area (Å²) in [7, 11) is 0. The van der Waals surface area contributed by atoms with E-state index in [1.54, 1.807) is 0 Å². The number of carbonyl (C=O) groups excluding carboxylic acids is 2. The van der Waals surface area contributed by atoms with Crippen LogP contribution in [0.1, 0.15) is 43.4 Å². The normalized spacial score (nSPS) is 13.5. The van der Waals surface area contributed by atoms with Crippen LogP contribution in [0, 0.1) is 0 Å². The number of aromatic nitrogens is 5. The molecule has 4 rings (SSSR count). The number of carbonyl (C=O) groups is 2. The molecule has 0 saturated carbocycles. The zero-order valence-corrected chi connectivity index (χ0v) is 18.1. The fourth-order valence-electron chi connectivity index (χ4n) is 3.52. The molecule has 4 heterocycles. The molecule has 3 N–H and O–H groups in total. The third-order valence-electron chi connectivity index (χ3n) is 5.24. The van der Waals surface area contributed by atoms with Gasteiger partial charge in [-0.15, -0.1) is 0 Å². The lowest BCUT2D eigenvalue weighted by Crippen LogP contribution is -2.37. The summed E-state index contributed by atoms with van der Waals surface area (Å²) < 4.78 is 38.2. The van der Waals surface area contributed by atoms with Crippen LogP contribution in [0.5, 0.6) is 0 Å². The number of nitrogens with one attached hydrogen (secondary N) is 3. The summed E-state index contributed by atoms with van der Waals surface area (Å²) >= 11 is 5.90. The van der Waals surface area contributed by atoms with Gasteiger partial charge in [0.05, 0.1) is 34.6 Å². The highest BCUT2D eigenvalue weighted by Crippen LogP contribution is 2.31. The predicted octanol–water partition coefficient (Wildman–Crippen LogP) is 1.73. The molecule has 3 aromatic rings. The van der Waals surface area contributed by atoms with Crippen LogP contribution in [0.25, 0.3) is 0 Å². The first-order chi connectivity index (χ1) is 16.1. The number of rotatable bonds is 5. The Labute approximate surface area is 194 Å². The minimum Gasteiger partial charge on any atom is -0.350 e. The smallest absolute Gasteiger partial charge is 0.350 e. The number of alkyl halides is 3. The summed E-state index contributed by atoms with van der Waals surface area (Å²) in [6, 6.07) is 1.94. The molecular formula is C20H17ClF3N7O3. The lowest BCUT2D eigenvalue weighted by Gasteiger charge is -2.27. The highest BCUT2D eigenvalue weighted by molar-refractivity contribution is 6.31. The Morgan fingerprint density at radius 2 is 2.00 bits per heavy atom. The SMILES string of the molecule is O=C(NCCc1ncc(C(F)(F)F)cc1Cl)c1n[nH]c2c1CN(C(=O)c1cn[nH]c(=O)c1)CC2. The van der Waals surface area contributed by atoms with Crippen molar-refractivity contribution in [3.05, 3.63) is 73.7 Å². The standard InChI is InChI=1S/C20H17ClF3N7O3/c21-13-6-11(20(22,23)24)8-26-15(13)1-3-25-18(33)17-12-9-31(4-2-14(12)28-30-17)19(34)10-5-16(32)29-27-7-10/h5-8H,1-4,9H2,(H,25,33)(H,28,30)(H,29,32). The molecule has 178 valence electrons. The molecule has 0 unspecified atom stereocenters. The van der Waals surface area contributed by atoms with E-state index >= 15 is 0 Å². The number of hydrogen-bond acceptors (Lipinski definition) is 6. The van der Waals surface area contributed by atoms with E-state index in [-0.39, 0.29) is 41.5 Å². The van der Waals surface area contributed by atoms with E-state index in [1.807, 2.05) is 0 Å². The van der Waals surface area contributed by atoms with Crippen LogP contribution in [-0.4, -0.2) is 55.2 Å². The topological polar surface area (TPSA) is 137 Å². The van der Waals surface area contributed by atoms with Crippen molar-refractivity contribution in [3.63, 3.8) is 0 Å². The van der Waals surface area contributed by atoms with Gasteiger partial charge < -0.3 is 10.2 Å². The lowest BCUT2D eigenvalue weighted by molar-refractivity contribution is -0.137. The van der Waals surface area contributed by atoms with Crippen LogP contribution < -0.4 is 10.9 Å². The zero-order chi connectivity index (χ0) is 24.5. The molecule has 1 aliphatic heterocycles. The molecule has 0 bridgehead atoms. The van der Waals surface area contributed by atoms with Gasteiger partial charge in [0.15, 0.2) is 5.69 Å². The van der Waals surface area contributed by atoms with Gasteiger partial charge in [-0.3, -0.25) is 24.5 Å². The molecule has 34 heavy (non-hydrogen) atoms. The third kappa shape index (κ3) is 4.93. The van der Waals surface area contributed by atoms with Crippen molar-refractivity contribution in [2.45, 2.75) is 25.6 Å². The predicted molar refractivity (Wildman–Crippen MR) is 112 cm³/mol. The minimum absolute atomic E-state index is 0.0552. The molecule has 2 amide bonds. The van der Waals surface area contributed by atoms with Gasteiger partial charge in [0, 0.05) is 49.5 Å². The molecule has 10 nitrogen and oxygen atoms in total. The number of pyridine rings is 1. The van der Waals surface area contributed by atoms with Crippen LogP contribution in [-0.2, 0) is 25.6 Å². The van der Waals surface area contributed by atoms with Crippen LogP contribution in [0.3, 0.4) is 0 Å². The fourth-order valence-corrected chi connectivity index (χ4v) is 3.78. The second-order valence-electron chi connectivity index (χ2n) is 7.50. The monoisotopic (exact) mass is 495 g/mol. The minimum atomic E-state index is -4.55. The molecule has 0 atom stereocenters. The van der Waals surface area contributed by atoms with E-state index in [4.69, 9.17) is 11.6 Å². The van der Waals surface area contributed by atoms with Crippen LogP contribution in [0.4, 0.5) is 13.2 Å². The van der Waals surface area contributed by atoms with Gasteiger partial charge in [0.2, 0.25) is 0 Å². The first-order valence-electron chi connectivity index (χ1n) is 10.0. The molecule has 0 aliphatic carbocycles. The van der Waals surface area contributed by atoms with Gasteiger partial charge in [0.1, 0.15) is 0 Å². The van der Waals surface area contributed by atoms with E-state index in [9.17, 15) is 27.6 Å². The summed E-state index contributed by atoms with van der Waals surface area (Å²) in [4.78, 5) is 42.1. The molecule has 14 heteroatoms. The number of fused-ring (bicyclic) bond motifs is 1. The average molecular weight is 496 g/mol. The zero-order valence-electron chi connectivity index (χ0n) is 17.4. The summed E-state index contributed by atoms with van der Waals surface area (Å²) in [5.41, 5.74) is 0.233. The maximum Gasteiger partial charge on any atom is 0.417 e. The summed E-state index contributed by atoms with van der Waals surface area (Å²) in [6.07, 6.45) is -2.07. The second kappa shape index (κ2) is 9.25. The van der Waals surface area contributed by atoms with E-state index in [0.29, 0.717) is 30.4 Å². The largest absolute Gasteiger partial charge is 0.417 e. The lowest BCUT2D eigenvalue weighted by atomic mass is 10.0. The molecule has 0 saturated heterocycles. The van der Waals surface area contributed by atoms with Crippen molar-refractivity contribution >= 4 is 23.4 Å². The number of hydrogen-bond donors (Lipinski definition) is 3. The number of nitrogens with zero attached hydrogens (tertiary/aromatic N) is 4. The van der Waals surface area contributed by atoms with Crippen LogP contribution >= 0.6 is 11.6 Å². The van der Waals surface area contributed by atoms with Crippen molar-refractivity contribution < 1.29 is 22.8 Å². The maximum atomic E-state index is 12.7. The van der Waals surface area contributed by atoms with Crippen molar-refractivity contribution in [3.8, 4) is 0 Å². The summed E-state index contributed by atoms with van der Waals surface area (Å²) in [5.74, 6) is -0.924. The summed E-state index contributed by atoms with van der Waals surface area (Å²) in [6.45, 7) is 0.520. The Kier molecular flexibility index (Phi) is 6.37. The molecule has 3 aromatic heterocycles. The molecule has 0 radical (unpaired) electrons. The number of halogens is 4. The quantitative estimate of drug-likeness (QED) is 0.493. The van der Waals surface area contributed by atoms with E-state index < -0.39 is 29.1 Å². The number of H-pyrrole nitrogens is 2. The van der Waals surface area contributed by atoms with E-state index in [2.05, 4.69) is 30.7 Å². The van der Waals surface area contributed by atoms with Gasteiger partial charge in [-0.1, -0.05) is 11.6 Å². The number of amides is 2. The Morgan fingerprint density at radius 3 is 2.71 bits per heavy atom. The highest BCUT2D eigenvalue weighted by atomic mass is 35.5. The Hall–Kier alpha value is -3.74. The Balaban J connectivity index is 1.40. The number of aromatic amines is 2. The highest BCUT2D eigenvalue weighted by Gasteiger charge is 2.32. The Bertz CT molecular complexity index is 1310. The first-order valence-corrected chi connectivity index (χ1v) is 10.4. The van der Waals surface area contributed by atoms with Gasteiger partial charge in [-0.2, -0.15) is 23.4 Å². The molecule has 1 aliphatic rings. The molecule has 0 fully saturated rings. The second-order valence-corrected chi connectivity index (χ2v) is 7.90. The van der Waals surface area contributed by atoms with Gasteiger partial charge >= 0.3 is 6.18 Å². The van der Waals surface area contributed by atoms with E-state index in [0.717, 1.165) is 12.1 Å². The van der Waals surface area contributed by atoms with E-state index in [1.165, 1.54) is 11.1 Å². The van der Waals surface area contributed by atoms with Crippen molar-refractivity contribution in [2.24, 2.45) is 0 Å². The van der Waals surface area contributed by atoms with Gasteiger partial charge in [-0.25, -0.2) is 5.10 Å². The van der Waals surface area contributed by atoms with Crippen LogP contribution in [0.2, 0.25) is 5.02 Å². The average Bonchev–Trinajstić information content (AvgIpc) is 3.22. The first kappa shape index (κ1) is 23.4. The fraction of sp³-hybridized carbons (Fsp3) is 0.300. The van der Waals surface area contributed by atoms with Gasteiger partial charge in [-0.05, 0) is 6.07 Å².